The Morgan fingerprint density at radius 2 is 2.36 bits per heavy atom. The Morgan fingerprint density at radius 3 is 3.07 bits per heavy atom. The molecule has 3 fully saturated rings. The SMILES string of the molecule is C1C[C@@]2(CN1)C[C@@H](OCC1CC1)CO2. The van der Waals surface area contributed by atoms with Crippen molar-refractivity contribution in [3.05, 3.63) is 0 Å². The quantitative estimate of drug-likeness (QED) is 0.730. The summed E-state index contributed by atoms with van der Waals surface area (Å²) in [5.74, 6) is 0.869. The highest BCUT2D eigenvalue weighted by Crippen LogP contribution is 2.35. The van der Waals surface area contributed by atoms with Crippen LogP contribution in [-0.2, 0) is 9.47 Å². The van der Waals surface area contributed by atoms with Gasteiger partial charge in [-0.15, -0.1) is 0 Å². The Morgan fingerprint density at radius 1 is 1.43 bits per heavy atom. The lowest BCUT2D eigenvalue weighted by atomic mass is 9.98. The van der Waals surface area contributed by atoms with Crippen molar-refractivity contribution in [2.45, 2.75) is 37.4 Å². The van der Waals surface area contributed by atoms with E-state index in [9.17, 15) is 0 Å². The summed E-state index contributed by atoms with van der Waals surface area (Å²) < 4.78 is 11.7. The van der Waals surface area contributed by atoms with Crippen LogP contribution in [0.25, 0.3) is 0 Å². The maximum absolute atomic E-state index is 5.88. The molecule has 1 aliphatic carbocycles. The maximum Gasteiger partial charge on any atom is 0.0845 e. The van der Waals surface area contributed by atoms with Crippen LogP contribution in [0.3, 0.4) is 0 Å². The lowest BCUT2D eigenvalue weighted by molar-refractivity contribution is 0.00673. The molecule has 0 bridgehead atoms. The van der Waals surface area contributed by atoms with Gasteiger partial charge in [0.05, 0.1) is 18.3 Å². The summed E-state index contributed by atoms with van der Waals surface area (Å²) in [6.45, 7) is 3.91. The van der Waals surface area contributed by atoms with Crippen molar-refractivity contribution in [2.24, 2.45) is 5.92 Å². The van der Waals surface area contributed by atoms with E-state index in [0.717, 1.165) is 45.1 Å². The average molecular weight is 197 g/mol. The van der Waals surface area contributed by atoms with Crippen LogP contribution in [0.5, 0.6) is 0 Å². The Balaban J connectivity index is 1.48. The van der Waals surface area contributed by atoms with Crippen LogP contribution in [-0.4, -0.2) is 38.0 Å². The lowest BCUT2D eigenvalue weighted by Gasteiger charge is -2.20. The molecule has 2 atom stereocenters. The van der Waals surface area contributed by atoms with E-state index in [2.05, 4.69) is 5.32 Å². The fourth-order valence-corrected chi connectivity index (χ4v) is 2.48. The molecule has 2 heterocycles. The predicted molar refractivity (Wildman–Crippen MR) is 53.3 cm³/mol. The second-order valence-electron chi connectivity index (χ2n) is 5.02. The first-order valence-corrected chi connectivity index (χ1v) is 5.83. The summed E-state index contributed by atoms with van der Waals surface area (Å²) in [4.78, 5) is 0. The zero-order valence-electron chi connectivity index (χ0n) is 8.63. The Labute approximate surface area is 85.1 Å². The number of hydrogen-bond donors (Lipinski definition) is 1. The molecule has 0 radical (unpaired) electrons. The Kier molecular flexibility index (Phi) is 2.26. The third-order valence-corrected chi connectivity index (χ3v) is 3.64. The predicted octanol–water partition coefficient (Wildman–Crippen LogP) is 0.934. The summed E-state index contributed by atoms with van der Waals surface area (Å²) >= 11 is 0. The lowest BCUT2D eigenvalue weighted by Crippen LogP contribution is -2.31. The topological polar surface area (TPSA) is 30.5 Å². The molecule has 2 saturated heterocycles. The third kappa shape index (κ3) is 1.81. The zero-order valence-corrected chi connectivity index (χ0v) is 8.63. The van der Waals surface area contributed by atoms with Gasteiger partial charge >= 0.3 is 0 Å². The van der Waals surface area contributed by atoms with E-state index in [1.165, 1.54) is 12.8 Å². The van der Waals surface area contributed by atoms with Gasteiger partial charge in [-0.3, -0.25) is 0 Å². The first-order chi connectivity index (χ1) is 6.86. The van der Waals surface area contributed by atoms with Gasteiger partial charge in [0.15, 0.2) is 0 Å². The van der Waals surface area contributed by atoms with Crippen LogP contribution in [0.2, 0.25) is 0 Å². The van der Waals surface area contributed by atoms with Crippen molar-refractivity contribution in [1.82, 2.24) is 5.32 Å². The van der Waals surface area contributed by atoms with Crippen LogP contribution in [0.4, 0.5) is 0 Å². The van der Waals surface area contributed by atoms with Gasteiger partial charge in [-0.2, -0.15) is 0 Å². The van der Waals surface area contributed by atoms with Crippen LogP contribution in [0.1, 0.15) is 25.7 Å². The fraction of sp³-hybridized carbons (Fsp3) is 1.00. The van der Waals surface area contributed by atoms with Gasteiger partial charge in [0, 0.05) is 19.6 Å². The van der Waals surface area contributed by atoms with Gasteiger partial charge in [-0.1, -0.05) is 0 Å². The first kappa shape index (κ1) is 9.13. The number of nitrogens with one attached hydrogen (secondary N) is 1. The van der Waals surface area contributed by atoms with Gasteiger partial charge in [0.1, 0.15) is 0 Å². The molecule has 3 rings (SSSR count). The van der Waals surface area contributed by atoms with Crippen LogP contribution < -0.4 is 5.32 Å². The van der Waals surface area contributed by atoms with E-state index in [4.69, 9.17) is 9.47 Å². The number of hydrogen-bond acceptors (Lipinski definition) is 3. The smallest absolute Gasteiger partial charge is 0.0845 e. The van der Waals surface area contributed by atoms with E-state index in [1.807, 2.05) is 0 Å². The minimum absolute atomic E-state index is 0.133. The largest absolute Gasteiger partial charge is 0.375 e. The molecular formula is C11H19NO2. The maximum atomic E-state index is 5.88. The van der Waals surface area contributed by atoms with Crippen LogP contribution >= 0.6 is 0 Å². The Hall–Kier alpha value is -0.120. The number of ether oxygens (including phenoxy) is 2. The van der Waals surface area contributed by atoms with E-state index >= 15 is 0 Å². The van der Waals surface area contributed by atoms with E-state index in [-0.39, 0.29) is 5.60 Å². The Bertz CT molecular complexity index is 209. The molecule has 1 spiro atoms. The van der Waals surface area contributed by atoms with Gasteiger partial charge < -0.3 is 14.8 Å². The van der Waals surface area contributed by atoms with Crippen molar-refractivity contribution in [3.8, 4) is 0 Å². The summed E-state index contributed by atoms with van der Waals surface area (Å²) in [6.07, 6.45) is 5.39. The second kappa shape index (κ2) is 3.47. The van der Waals surface area contributed by atoms with Crippen molar-refractivity contribution < 1.29 is 9.47 Å². The second-order valence-corrected chi connectivity index (χ2v) is 5.02. The first-order valence-electron chi connectivity index (χ1n) is 5.83. The van der Waals surface area contributed by atoms with Crippen LogP contribution in [0, 0.1) is 5.92 Å². The molecule has 0 aromatic carbocycles. The highest BCUT2D eigenvalue weighted by molar-refractivity contribution is 4.96. The molecule has 0 unspecified atom stereocenters. The molecule has 1 N–H and O–H groups in total. The number of rotatable bonds is 3. The summed E-state index contributed by atoms with van der Waals surface area (Å²) in [7, 11) is 0. The van der Waals surface area contributed by atoms with E-state index in [1.54, 1.807) is 0 Å². The standard InChI is InChI=1S/C11H19NO2/c1-2-9(1)6-13-10-5-11(14-7-10)3-4-12-8-11/h9-10,12H,1-8H2/t10-,11+/m1/s1. The third-order valence-electron chi connectivity index (χ3n) is 3.64. The normalized spacial score (nSPS) is 42.4. The van der Waals surface area contributed by atoms with Crippen molar-refractivity contribution in [2.75, 3.05) is 26.3 Å². The van der Waals surface area contributed by atoms with Crippen molar-refractivity contribution in [3.63, 3.8) is 0 Å². The molecule has 1 saturated carbocycles. The van der Waals surface area contributed by atoms with E-state index in [0.29, 0.717) is 6.10 Å². The van der Waals surface area contributed by atoms with Gasteiger partial charge in [0.25, 0.3) is 0 Å². The molecule has 3 nitrogen and oxygen atoms in total. The molecular weight excluding hydrogens is 178 g/mol. The van der Waals surface area contributed by atoms with Crippen LogP contribution in [0.15, 0.2) is 0 Å². The monoisotopic (exact) mass is 197 g/mol. The van der Waals surface area contributed by atoms with Crippen molar-refractivity contribution in [1.29, 1.82) is 0 Å². The molecule has 0 aromatic rings. The summed E-state index contributed by atoms with van der Waals surface area (Å²) in [5, 5.41) is 3.37. The van der Waals surface area contributed by atoms with Crippen molar-refractivity contribution >= 4 is 0 Å². The fourth-order valence-electron chi connectivity index (χ4n) is 2.48. The minimum atomic E-state index is 0.133. The molecule has 3 aliphatic rings. The molecule has 14 heavy (non-hydrogen) atoms. The molecule has 0 aromatic heterocycles. The zero-order chi connectivity index (χ0) is 9.43. The molecule has 0 amide bonds. The highest BCUT2D eigenvalue weighted by Gasteiger charge is 2.43. The van der Waals surface area contributed by atoms with Gasteiger partial charge in [0.2, 0.25) is 0 Å². The average Bonchev–Trinajstić information content (AvgIpc) is 2.79. The van der Waals surface area contributed by atoms with Gasteiger partial charge in [-0.05, 0) is 31.7 Å². The summed E-state index contributed by atoms with van der Waals surface area (Å²) in [5.41, 5.74) is 0.133. The molecule has 3 heteroatoms. The van der Waals surface area contributed by atoms with Gasteiger partial charge in [-0.25, -0.2) is 0 Å². The molecule has 2 aliphatic heterocycles. The summed E-state index contributed by atoms with van der Waals surface area (Å²) in [6, 6.07) is 0. The minimum Gasteiger partial charge on any atom is -0.375 e. The van der Waals surface area contributed by atoms with E-state index < -0.39 is 0 Å². The highest BCUT2D eigenvalue weighted by atomic mass is 16.6. The molecule has 80 valence electrons.